The summed E-state index contributed by atoms with van der Waals surface area (Å²) in [6.07, 6.45) is 4.45. The maximum Gasteiger partial charge on any atom is 0.150 e. The van der Waals surface area contributed by atoms with E-state index in [1.807, 2.05) is 0 Å². The number of hydrogen-bond donors (Lipinski definition) is 0. The van der Waals surface area contributed by atoms with Gasteiger partial charge in [-0.1, -0.05) is 0 Å². The summed E-state index contributed by atoms with van der Waals surface area (Å²) >= 11 is 0. The smallest absolute Gasteiger partial charge is 0.150 e. The number of nitrogens with zero attached hydrogens (tertiary/aromatic N) is 1. The highest BCUT2D eigenvalue weighted by atomic mass is 16.1. The molecule has 2 aliphatic heterocycles. The molecule has 2 aliphatic rings. The number of aldehydes is 1. The molecule has 0 fully saturated rings. The number of rotatable bonds is 1. The molecule has 0 aliphatic carbocycles. The molecule has 2 heteroatoms. The molecule has 0 bridgehead atoms. The van der Waals surface area contributed by atoms with E-state index in [4.69, 9.17) is 0 Å². The third-order valence-corrected chi connectivity index (χ3v) is 3.27. The number of hydrogen-bond acceptors (Lipinski definition) is 2. The summed E-state index contributed by atoms with van der Waals surface area (Å²) in [7, 11) is 0. The van der Waals surface area contributed by atoms with E-state index < -0.39 is 0 Å². The SMILES string of the molecule is O=Cc1cc2c3c(c1)CCN3CCC2. The maximum absolute atomic E-state index is 10.8. The molecule has 0 N–H and O–H groups in total. The van der Waals surface area contributed by atoms with Crippen LogP contribution in [-0.4, -0.2) is 19.4 Å². The minimum absolute atomic E-state index is 0.850. The Balaban J connectivity index is 2.21. The van der Waals surface area contributed by atoms with Crippen molar-refractivity contribution in [2.24, 2.45) is 0 Å². The molecule has 0 radical (unpaired) electrons. The predicted molar refractivity (Wildman–Crippen MR) is 56.1 cm³/mol. The summed E-state index contributed by atoms with van der Waals surface area (Å²) in [5, 5.41) is 0. The zero-order chi connectivity index (χ0) is 9.54. The number of aryl methyl sites for hydroxylation is 1. The Hall–Kier alpha value is -1.31. The van der Waals surface area contributed by atoms with Gasteiger partial charge in [-0.2, -0.15) is 0 Å². The molecule has 2 nitrogen and oxygen atoms in total. The highest BCUT2D eigenvalue weighted by Gasteiger charge is 2.25. The normalized spacial score (nSPS) is 18.1. The Morgan fingerprint density at radius 1 is 1.14 bits per heavy atom. The van der Waals surface area contributed by atoms with Crippen LogP contribution in [0.5, 0.6) is 0 Å². The van der Waals surface area contributed by atoms with Crippen LogP contribution < -0.4 is 4.90 Å². The van der Waals surface area contributed by atoms with Gasteiger partial charge < -0.3 is 4.90 Å². The summed E-state index contributed by atoms with van der Waals surface area (Å²) < 4.78 is 0. The van der Waals surface area contributed by atoms with Gasteiger partial charge in [0.15, 0.2) is 0 Å². The Bertz CT molecular complexity index is 398. The molecule has 0 saturated carbocycles. The molecule has 0 atom stereocenters. The van der Waals surface area contributed by atoms with E-state index in [0.717, 1.165) is 31.2 Å². The van der Waals surface area contributed by atoms with Gasteiger partial charge in [-0.3, -0.25) is 4.79 Å². The fraction of sp³-hybridized carbons (Fsp3) is 0.417. The maximum atomic E-state index is 10.8. The zero-order valence-electron chi connectivity index (χ0n) is 8.12. The largest absolute Gasteiger partial charge is 0.371 e. The van der Waals surface area contributed by atoms with Crippen molar-refractivity contribution in [3.05, 3.63) is 28.8 Å². The molecule has 0 aromatic heterocycles. The second-order valence-corrected chi connectivity index (χ2v) is 4.15. The monoisotopic (exact) mass is 187 g/mol. The molecule has 0 unspecified atom stereocenters. The lowest BCUT2D eigenvalue weighted by Crippen LogP contribution is -2.26. The van der Waals surface area contributed by atoms with E-state index in [-0.39, 0.29) is 0 Å². The average molecular weight is 187 g/mol. The van der Waals surface area contributed by atoms with Gasteiger partial charge in [0.1, 0.15) is 6.29 Å². The van der Waals surface area contributed by atoms with Crippen molar-refractivity contribution < 1.29 is 4.79 Å². The van der Waals surface area contributed by atoms with Crippen LogP contribution in [-0.2, 0) is 12.8 Å². The number of anilines is 1. The van der Waals surface area contributed by atoms with Crippen LogP contribution >= 0.6 is 0 Å². The third-order valence-electron chi connectivity index (χ3n) is 3.27. The summed E-state index contributed by atoms with van der Waals surface area (Å²) in [5.41, 5.74) is 5.04. The van der Waals surface area contributed by atoms with Crippen molar-refractivity contribution in [3.63, 3.8) is 0 Å². The lowest BCUT2D eigenvalue weighted by molar-refractivity contribution is 0.112. The summed E-state index contributed by atoms with van der Waals surface area (Å²) in [6, 6.07) is 4.11. The number of carbonyl (C=O) groups is 1. The van der Waals surface area contributed by atoms with Crippen LogP contribution in [0.1, 0.15) is 27.9 Å². The molecule has 1 aromatic rings. The van der Waals surface area contributed by atoms with Gasteiger partial charge in [0.2, 0.25) is 0 Å². The Labute approximate surface area is 83.5 Å². The van der Waals surface area contributed by atoms with Crippen LogP contribution in [0.25, 0.3) is 0 Å². The second-order valence-electron chi connectivity index (χ2n) is 4.15. The fourth-order valence-corrected chi connectivity index (χ4v) is 2.69. The molecule has 14 heavy (non-hydrogen) atoms. The quantitative estimate of drug-likeness (QED) is 0.625. The summed E-state index contributed by atoms with van der Waals surface area (Å²) in [4.78, 5) is 13.2. The standard InChI is InChI=1S/C12H13NO/c14-8-9-6-10-2-1-4-13-5-3-11(7-9)12(10)13/h6-8H,1-5H2. The van der Waals surface area contributed by atoms with Crippen LogP contribution in [0.2, 0.25) is 0 Å². The van der Waals surface area contributed by atoms with Gasteiger partial charge in [0.25, 0.3) is 0 Å². The molecule has 72 valence electrons. The second kappa shape index (κ2) is 2.84. The van der Waals surface area contributed by atoms with Crippen molar-refractivity contribution in [3.8, 4) is 0 Å². The first-order valence-electron chi connectivity index (χ1n) is 5.24. The van der Waals surface area contributed by atoms with Crippen molar-refractivity contribution >= 4 is 12.0 Å². The van der Waals surface area contributed by atoms with Gasteiger partial charge in [0.05, 0.1) is 0 Å². The molecule has 1 aromatic carbocycles. The van der Waals surface area contributed by atoms with E-state index in [1.165, 1.54) is 29.8 Å². The van der Waals surface area contributed by atoms with Crippen LogP contribution in [0.15, 0.2) is 12.1 Å². The minimum atomic E-state index is 0.850. The predicted octanol–water partition coefficient (Wildman–Crippen LogP) is 1.81. The number of benzene rings is 1. The zero-order valence-corrected chi connectivity index (χ0v) is 8.12. The Kier molecular flexibility index (Phi) is 1.63. The van der Waals surface area contributed by atoms with Crippen molar-refractivity contribution in [2.75, 3.05) is 18.0 Å². The van der Waals surface area contributed by atoms with Gasteiger partial charge in [-0.25, -0.2) is 0 Å². The molecule has 0 amide bonds. The van der Waals surface area contributed by atoms with Crippen molar-refractivity contribution in [1.29, 1.82) is 0 Å². The van der Waals surface area contributed by atoms with Gasteiger partial charge >= 0.3 is 0 Å². The lowest BCUT2D eigenvalue weighted by Gasteiger charge is -2.27. The van der Waals surface area contributed by atoms with E-state index in [2.05, 4.69) is 17.0 Å². The van der Waals surface area contributed by atoms with Gasteiger partial charge in [-0.15, -0.1) is 0 Å². The van der Waals surface area contributed by atoms with Crippen molar-refractivity contribution in [1.82, 2.24) is 0 Å². The first kappa shape index (κ1) is 8.04. The van der Waals surface area contributed by atoms with E-state index in [0.29, 0.717) is 0 Å². The van der Waals surface area contributed by atoms with E-state index >= 15 is 0 Å². The van der Waals surface area contributed by atoms with E-state index in [1.54, 1.807) is 0 Å². The summed E-state index contributed by atoms with van der Waals surface area (Å²) in [5.74, 6) is 0. The topological polar surface area (TPSA) is 20.3 Å². The molecule has 2 heterocycles. The van der Waals surface area contributed by atoms with E-state index in [9.17, 15) is 4.79 Å². The Morgan fingerprint density at radius 2 is 1.93 bits per heavy atom. The minimum Gasteiger partial charge on any atom is -0.371 e. The molecular weight excluding hydrogens is 174 g/mol. The third kappa shape index (κ3) is 0.999. The first-order chi connectivity index (χ1) is 6.88. The molecule has 0 spiro atoms. The summed E-state index contributed by atoms with van der Waals surface area (Å²) in [6.45, 7) is 2.34. The lowest BCUT2D eigenvalue weighted by atomic mass is 9.97. The molecule has 0 saturated heterocycles. The van der Waals surface area contributed by atoms with Crippen molar-refractivity contribution in [2.45, 2.75) is 19.3 Å². The average Bonchev–Trinajstić information content (AvgIpc) is 2.64. The number of carbonyl (C=O) groups excluding carboxylic acids is 1. The Morgan fingerprint density at radius 3 is 2.71 bits per heavy atom. The van der Waals surface area contributed by atoms with Gasteiger partial charge in [0, 0.05) is 24.3 Å². The van der Waals surface area contributed by atoms with Gasteiger partial charge in [-0.05, 0) is 42.5 Å². The van der Waals surface area contributed by atoms with Crippen LogP contribution in [0, 0.1) is 0 Å². The van der Waals surface area contributed by atoms with Crippen LogP contribution in [0.3, 0.4) is 0 Å². The highest BCUT2D eigenvalue weighted by molar-refractivity contribution is 5.79. The molecule has 3 rings (SSSR count). The molecular formula is C12H13NO. The highest BCUT2D eigenvalue weighted by Crippen LogP contribution is 2.36. The first-order valence-corrected chi connectivity index (χ1v) is 5.24. The fourth-order valence-electron chi connectivity index (χ4n) is 2.69. The van der Waals surface area contributed by atoms with Crippen LogP contribution in [0.4, 0.5) is 5.69 Å².